The number of halogens is 1. The molecular formula is C22H20FN3O6S. The van der Waals surface area contributed by atoms with Crippen molar-refractivity contribution in [1.29, 1.82) is 0 Å². The fraction of sp³-hybridized carbons (Fsp3) is 0.136. The molecule has 9 nitrogen and oxygen atoms in total. The number of nitro groups is 1. The molecule has 172 valence electrons. The summed E-state index contributed by atoms with van der Waals surface area (Å²) >= 11 is 0. The molecule has 0 saturated carbocycles. The number of nitrogens with zero attached hydrogens (tertiary/aromatic N) is 2. The van der Waals surface area contributed by atoms with Gasteiger partial charge >= 0.3 is 0 Å². The van der Waals surface area contributed by atoms with Gasteiger partial charge in [0.1, 0.15) is 11.6 Å². The third-order valence-electron chi connectivity index (χ3n) is 4.70. The van der Waals surface area contributed by atoms with Crippen LogP contribution in [0.5, 0.6) is 5.75 Å². The van der Waals surface area contributed by atoms with E-state index in [1.165, 1.54) is 73.8 Å². The third kappa shape index (κ3) is 5.83. The van der Waals surface area contributed by atoms with E-state index in [0.29, 0.717) is 11.3 Å². The van der Waals surface area contributed by atoms with Crippen molar-refractivity contribution in [3.8, 4) is 5.75 Å². The molecule has 0 unspecified atom stereocenters. The Morgan fingerprint density at radius 3 is 2.27 bits per heavy atom. The third-order valence-corrected chi connectivity index (χ3v) is 5.84. The molecule has 0 radical (unpaired) electrons. The Labute approximate surface area is 189 Å². The summed E-state index contributed by atoms with van der Waals surface area (Å²) in [6, 6.07) is 15.0. The zero-order valence-corrected chi connectivity index (χ0v) is 18.5. The summed E-state index contributed by atoms with van der Waals surface area (Å²) in [4.78, 5) is 23.1. The highest BCUT2D eigenvalue weighted by atomic mass is 32.2. The van der Waals surface area contributed by atoms with Gasteiger partial charge in [-0.3, -0.25) is 19.2 Å². The van der Waals surface area contributed by atoms with E-state index in [0.717, 1.165) is 10.6 Å². The van der Waals surface area contributed by atoms with Gasteiger partial charge in [-0.1, -0.05) is 12.1 Å². The summed E-state index contributed by atoms with van der Waals surface area (Å²) in [5.74, 6) is -0.752. The lowest BCUT2D eigenvalue weighted by Crippen LogP contribution is -2.29. The lowest BCUT2D eigenvalue weighted by atomic mass is 10.1. The van der Waals surface area contributed by atoms with Gasteiger partial charge in [0.15, 0.2) is 0 Å². The van der Waals surface area contributed by atoms with E-state index in [9.17, 15) is 27.7 Å². The van der Waals surface area contributed by atoms with Crippen LogP contribution in [0.1, 0.15) is 15.9 Å². The number of methoxy groups -OCH3 is 1. The van der Waals surface area contributed by atoms with Crippen molar-refractivity contribution in [2.24, 2.45) is 0 Å². The second-order valence-corrected chi connectivity index (χ2v) is 8.95. The molecule has 0 aliphatic rings. The van der Waals surface area contributed by atoms with Gasteiger partial charge in [0, 0.05) is 17.7 Å². The van der Waals surface area contributed by atoms with Crippen LogP contribution < -0.4 is 14.4 Å². The van der Waals surface area contributed by atoms with Crippen LogP contribution in [0.15, 0.2) is 66.7 Å². The van der Waals surface area contributed by atoms with Gasteiger partial charge in [-0.15, -0.1) is 0 Å². The van der Waals surface area contributed by atoms with Gasteiger partial charge in [0.05, 0.1) is 36.2 Å². The largest absolute Gasteiger partial charge is 0.495 e. The number of sulfonamides is 1. The van der Waals surface area contributed by atoms with E-state index in [1.54, 1.807) is 0 Å². The Hall–Kier alpha value is -3.99. The van der Waals surface area contributed by atoms with Crippen LogP contribution in [-0.4, -0.2) is 32.6 Å². The van der Waals surface area contributed by atoms with E-state index in [1.807, 2.05) is 0 Å². The zero-order chi connectivity index (χ0) is 24.2. The molecule has 0 atom stereocenters. The first-order chi connectivity index (χ1) is 15.6. The average Bonchev–Trinajstić information content (AvgIpc) is 2.78. The monoisotopic (exact) mass is 473 g/mol. The average molecular weight is 473 g/mol. The molecule has 33 heavy (non-hydrogen) atoms. The van der Waals surface area contributed by atoms with Gasteiger partial charge < -0.3 is 10.1 Å². The molecule has 0 aliphatic carbocycles. The number of nitrogens with one attached hydrogen (secondary N) is 1. The predicted octanol–water partition coefficient (Wildman–Crippen LogP) is 3.96. The molecule has 0 bridgehead atoms. The molecule has 3 aromatic carbocycles. The van der Waals surface area contributed by atoms with Gasteiger partial charge in [-0.25, -0.2) is 12.8 Å². The smallest absolute Gasteiger partial charge is 0.271 e. The number of benzene rings is 3. The molecule has 0 aromatic heterocycles. The second-order valence-electron chi connectivity index (χ2n) is 7.04. The Morgan fingerprint density at radius 1 is 1.09 bits per heavy atom. The molecule has 1 amide bonds. The maximum absolute atomic E-state index is 13.2. The van der Waals surface area contributed by atoms with Crippen molar-refractivity contribution in [2.75, 3.05) is 23.0 Å². The molecule has 3 aromatic rings. The van der Waals surface area contributed by atoms with E-state index >= 15 is 0 Å². The lowest BCUT2D eigenvalue weighted by molar-refractivity contribution is -0.384. The van der Waals surface area contributed by atoms with Crippen molar-refractivity contribution in [1.82, 2.24) is 0 Å². The van der Waals surface area contributed by atoms with Crippen LogP contribution >= 0.6 is 0 Å². The van der Waals surface area contributed by atoms with E-state index in [2.05, 4.69) is 5.32 Å². The van der Waals surface area contributed by atoms with E-state index in [-0.39, 0.29) is 29.2 Å². The van der Waals surface area contributed by atoms with E-state index in [4.69, 9.17) is 4.74 Å². The quantitative estimate of drug-likeness (QED) is 0.391. The molecule has 3 rings (SSSR count). The van der Waals surface area contributed by atoms with Crippen molar-refractivity contribution >= 4 is 33.0 Å². The highest BCUT2D eigenvalue weighted by Crippen LogP contribution is 2.29. The molecule has 1 N–H and O–H groups in total. The number of rotatable bonds is 8. The maximum atomic E-state index is 13.2. The minimum atomic E-state index is -3.67. The molecule has 0 heterocycles. The van der Waals surface area contributed by atoms with Crippen molar-refractivity contribution < 1.29 is 27.3 Å². The number of carbonyl (C=O) groups excluding carboxylic acids is 1. The summed E-state index contributed by atoms with van der Waals surface area (Å²) in [7, 11) is -2.30. The van der Waals surface area contributed by atoms with Crippen molar-refractivity contribution in [3.05, 3.63) is 93.8 Å². The molecule has 0 aliphatic heterocycles. The van der Waals surface area contributed by atoms with Crippen LogP contribution in [0.3, 0.4) is 0 Å². The Kier molecular flexibility index (Phi) is 6.92. The highest BCUT2D eigenvalue weighted by Gasteiger charge is 2.19. The number of non-ortho nitro benzene ring substituents is 1. The number of hydrogen-bond donors (Lipinski definition) is 1. The Morgan fingerprint density at radius 2 is 1.73 bits per heavy atom. The number of amides is 1. The number of nitro benzene ring substituents is 1. The number of ether oxygens (including phenoxy) is 1. The number of hydrogen-bond acceptors (Lipinski definition) is 6. The van der Waals surface area contributed by atoms with Crippen LogP contribution in [0.25, 0.3) is 0 Å². The van der Waals surface area contributed by atoms with E-state index < -0.39 is 26.7 Å². The summed E-state index contributed by atoms with van der Waals surface area (Å²) < 4.78 is 44.1. The first-order valence-electron chi connectivity index (χ1n) is 9.54. The fourth-order valence-electron chi connectivity index (χ4n) is 3.04. The molecule has 11 heteroatoms. The normalized spacial score (nSPS) is 11.0. The van der Waals surface area contributed by atoms with Crippen molar-refractivity contribution in [2.45, 2.75) is 6.54 Å². The predicted molar refractivity (Wildman–Crippen MR) is 121 cm³/mol. The van der Waals surface area contributed by atoms with Crippen molar-refractivity contribution in [3.63, 3.8) is 0 Å². The highest BCUT2D eigenvalue weighted by molar-refractivity contribution is 7.92. The maximum Gasteiger partial charge on any atom is 0.271 e. The minimum Gasteiger partial charge on any atom is -0.495 e. The molecule has 0 saturated heterocycles. The Bertz CT molecular complexity index is 1280. The summed E-state index contributed by atoms with van der Waals surface area (Å²) in [6.07, 6.45) is 1.05. The molecule has 0 fully saturated rings. The topological polar surface area (TPSA) is 119 Å². The summed E-state index contributed by atoms with van der Waals surface area (Å²) in [5, 5.41) is 13.6. The van der Waals surface area contributed by atoms with Crippen LogP contribution in [0.4, 0.5) is 21.5 Å². The number of anilines is 2. The first-order valence-corrected chi connectivity index (χ1v) is 11.4. The lowest BCUT2D eigenvalue weighted by Gasteiger charge is -2.22. The molecule has 0 spiro atoms. The first kappa shape index (κ1) is 23.7. The summed E-state index contributed by atoms with van der Waals surface area (Å²) in [5.41, 5.74) is 0.996. The second kappa shape index (κ2) is 9.65. The fourth-order valence-corrected chi connectivity index (χ4v) is 3.92. The van der Waals surface area contributed by atoms with Gasteiger partial charge in [0.2, 0.25) is 10.0 Å². The molecular weight excluding hydrogens is 453 g/mol. The van der Waals surface area contributed by atoms with Crippen LogP contribution in [0, 0.1) is 15.9 Å². The minimum absolute atomic E-state index is 0.0183. The van der Waals surface area contributed by atoms with Gasteiger partial charge in [-0.05, 0) is 48.0 Å². The Balaban J connectivity index is 1.83. The number of carbonyl (C=O) groups is 1. The van der Waals surface area contributed by atoms with Crippen LogP contribution in [-0.2, 0) is 16.6 Å². The summed E-state index contributed by atoms with van der Waals surface area (Å²) in [6.45, 7) is -0.0183. The SMILES string of the molecule is COc1ccc([N+](=O)[O-])cc1NC(=O)c1ccc(N(Cc2ccc(F)cc2)S(C)(=O)=O)cc1. The zero-order valence-electron chi connectivity index (χ0n) is 17.7. The standard InChI is InChI=1S/C22H20FN3O6S/c1-32-21-12-11-19(26(28)29)13-20(21)24-22(27)16-5-9-18(10-6-16)25(33(2,30)31)14-15-3-7-17(23)8-4-15/h3-13H,14H2,1-2H3,(H,24,27). The van der Waals surface area contributed by atoms with Gasteiger partial charge in [0.25, 0.3) is 11.6 Å². The van der Waals surface area contributed by atoms with Crippen LogP contribution in [0.2, 0.25) is 0 Å². The van der Waals surface area contributed by atoms with Gasteiger partial charge in [-0.2, -0.15) is 0 Å².